The smallest absolute Gasteiger partial charge is 0.220 e. The molecule has 6 atom stereocenters. The van der Waals surface area contributed by atoms with E-state index < -0.39 is 0 Å². The minimum absolute atomic E-state index is 0.0706. The standard InChI is InChI=1S/C33H48O3/c1-10-36-28(3,4)30(6)15-13-29(5)14-17-32(8)25-12-11-22-21(2)27(35)24(34)19-23(22)31(25,7)16-18-33(32,9)26(29)20-30/h11-12,19,26,35H,10,13-18,20H2,1-9H3/t26-,29-,30-,31+,32-,33+/m1/s1. The number of allylic oxidation sites excluding steroid dienone is 7. The van der Waals surface area contributed by atoms with Gasteiger partial charge in [-0.3, -0.25) is 4.79 Å². The van der Waals surface area contributed by atoms with Crippen molar-refractivity contribution in [3.8, 4) is 0 Å². The third kappa shape index (κ3) is 3.10. The van der Waals surface area contributed by atoms with Crippen molar-refractivity contribution >= 4 is 5.78 Å². The summed E-state index contributed by atoms with van der Waals surface area (Å²) in [7, 11) is 0. The van der Waals surface area contributed by atoms with Gasteiger partial charge in [0.15, 0.2) is 5.76 Å². The zero-order valence-electron chi connectivity index (χ0n) is 24.2. The molecule has 0 saturated heterocycles. The molecule has 3 fully saturated rings. The third-order valence-electron chi connectivity index (χ3n) is 12.8. The van der Waals surface area contributed by atoms with E-state index in [9.17, 15) is 9.90 Å². The van der Waals surface area contributed by atoms with E-state index in [2.05, 4.69) is 67.5 Å². The fraction of sp³-hybridized carbons (Fsp3) is 0.727. The van der Waals surface area contributed by atoms with Gasteiger partial charge in [0.1, 0.15) is 0 Å². The van der Waals surface area contributed by atoms with Crippen LogP contribution < -0.4 is 0 Å². The van der Waals surface area contributed by atoms with Gasteiger partial charge in [-0.05, 0) is 117 Å². The quantitative estimate of drug-likeness (QED) is 0.430. The Morgan fingerprint density at radius 1 is 1.00 bits per heavy atom. The van der Waals surface area contributed by atoms with E-state index in [0.717, 1.165) is 36.2 Å². The van der Waals surface area contributed by atoms with Crippen molar-refractivity contribution in [3.63, 3.8) is 0 Å². The van der Waals surface area contributed by atoms with Crippen molar-refractivity contribution in [1.82, 2.24) is 0 Å². The molecule has 3 heteroatoms. The molecule has 5 aliphatic carbocycles. The summed E-state index contributed by atoms with van der Waals surface area (Å²) in [4.78, 5) is 12.7. The predicted octanol–water partition coefficient (Wildman–Crippen LogP) is 8.43. The topological polar surface area (TPSA) is 46.5 Å². The van der Waals surface area contributed by atoms with Gasteiger partial charge in [-0.25, -0.2) is 0 Å². The highest BCUT2D eigenvalue weighted by molar-refractivity contribution is 6.06. The number of hydrogen-bond donors (Lipinski definition) is 1. The number of carbonyl (C=O) groups is 1. The molecular formula is C33H48O3. The van der Waals surface area contributed by atoms with Crippen molar-refractivity contribution < 1.29 is 14.6 Å². The molecular weight excluding hydrogens is 444 g/mol. The lowest BCUT2D eigenvalue weighted by Crippen LogP contribution is -2.63. The number of fused-ring (bicyclic) bond motifs is 7. The molecule has 36 heavy (non-hydrogen) atoms. The van der Waals surface area contributed by atoms with E-state index >= 15 is 0 Å². The maximum atomic E-state index is 12.7. The molecule has 3 saturated carbocycles. The molecule has 0 aliphatic heterocycles. The van der Waals surface area contributed by atoms with Crippen LogP contribution in [-0.2, 0) is 9.53 Å². The van der Waals surface area contributed by atoms with Gasteiger partial charge in [0.2, 0.25) is 5.78 Å². The van der Waals surface area contributed by atoms with Gasteiger partial charge in [0.05, 0.1) is 5.60 Å². The van der Waals surface area contributed by atoms with Crippen LogP contribution in [-0.4, -0.2) is 23.1 Å². The first-order valence-corrected chi connectivity index (χ1v) is 14.3. The molecule has 5 aliphatic rings. The lowest BCUT2D eigenvalue weighted by molar-refractivity contribution is -0.199. The van der Waals surface area contributed by atoms with Crippen molar-refractivity contribution in [2.75, 3.05) is 6.61 Å². The van der Waals surface area contributed by atoms with Crippen molar-refractivity contribution in [2.24, 2.45) is 33.0 Å². The Balaban J connectivity index is 1.61. The Morgan fingerprint density at radius 2 is 1.67 bits per heavy atom. The lowest BCUT2D eigenvalue weighted by atomic mass is 9.34. The second-order valence-electron chi connectivity index (χ2n) is 14.6. The normalized spacial score (nSPS) is 44.5. The first-order chi connectivity index (χ1) is 16.6. The first-order valence-electron chi connectivity index (χ1n) is 14.3. The Bertz CT molecular complexity index is 1130. The SMILES string of the molecule is CCOC(C)(C)[C@]1(C)CC[C@]2(C)CC[C@]3(C)C4=CC=C5C(=CC(=O)C(O)=C5C)[C@]4(C)CC[C@@]3(C)[C@@H]2C1. The number of hydrogen-bond acceptors (Lipinski definition) is 3. The van der Waals surface area contributed by atoms with Gasteiger partial charge >= 0.3 is 0 Å². The molecule has 0 aromatic rings. The number of carbonyl (C=O) groups excluding carboxylic acids is 1. The summed E-state index contributed by atoms with van der Waals surface area (Å²) in [6, 6.07) is 0. The second-order valence-corrected chi connectivity index (χ2v) is 14.6. The van der Waals surface area contributed by atoms with Gasteiger partial charge in [-0.15, -0.1) is 0 Å². The van der Waals surface area contributed by atoms with Gasteiger partial charge in [0.25, 0.3) is 0 Å². The Labute approximate surface area is 219 Å². The van der Waals surface area contributed by atoms with Crippen LogP contribution in [0.25, 0.3) is 0 Å². The summed E-state index contributed by atoms with van der Waals surface area (Å²) in [5, 5.41) is 10.4. The largest absolute Gasteiger partial charge is 0.504 e. The fourth-order valence-electron chi connectivity index (χ4n) is 9.54. The molecule has 0 heterocycles. The van der Waals surface area contributed by atoms with E-state index in [1.54, 1.807) is 6.08 Å². The van der Waals surface area contributed by atoms with Crippen LogP contribution >= 0.6 is 0 Å². The second kappa shape index (κ2) is 7.71. The summed E-state index contributed by atoms with van der Waals surface area (Å²) in [5.74, 6) is 0.299. The minimum atomic E-state index is -0.238. The van der Waals surface area contributed by atoms with Crippen molar-refractivity contribution in [1.29, 1.82) is 0 Å². The number of rotatable bonds is 3. The summed E-state index contributed by atoms with van der Waals surface area (Å²) in [6.45, 7) is 22.0. The van der Waals surface area contributed by atoms with Crippen LogP contribution in [0, 0.1) is 33.0 Å². The van der Waals surface area contributed by atoms with Gasteiger partial charge < -0.3 is 9.84 Å². The molecule has 0 amide bonds. The van der Waals surface area contributed by atoms with E-state index in [1.165, 1.54) is 37.7 Å². The monoisotopic (exact) mass is 492 g/mol. The number of aliphatic hydroxyl groups excluding tert-OH is 1. The van der Waals surface area contributed by atoms with Crippen LogP contribution in [0.15, 0.2) is 46.3 Å². The van der Waals surface area contributed by atoms with E-state index in [-0.39, 0.29) is 38.8 Å². The summed E-state index contributed by atoms with van der Waals surface area (Å²) >= 11 is 0. The van der Waals surface area contributed by atoms with Gasteiger partial charge in [0, 0.05) is 17.6 Å². The van der Waals surface area contributed by atoms with Crippen LogP contribution in [0.5, 0.6) is 0 Å². The predicted molar refractivity (Wildman–Crippen MR) is 147 cm³/mol. The molecule has 5 rings (SSSR count). The van der Waals surface area contributed by atoms with E-state index in [0.29, 0.717) is 11.3 Å². The Morgan fingerprint density at radius 3 is 2.33 bits per heavy atom. The zero-order valence-corrected chi connectivity index (χ0v) is 24.2. The molecule has 3 nitrogen and oxygen atoms in total. The molecule has 0 unspecified atom stereocenters. The van der Waals surface area contributed by atoms with E-state index in [1.807, 2.05) is 6.92 Å². The maximum Gasteiger partial charge on any atom is 0.220 e. The first kappa shape index (κ1) is 26.0. The zero-order chi connectivity index (χ0) is 26.5. The van der Waals surface area contributed by atoms with E-state index in [4.69, 9.17) is 4.74 Å². The highest BCUT2D eigenvalue weighted by Gasteiger charge is 2.67. The highest BCUT2D eigenvalue weighted by atomic mass is 16.5. The van der Waals surface area contributed by atoms with Crippen molar-refractivity contribution in [2.45, 2.75) is 113 Å². The lowest BCUT2D eigenvalue weighted by Gasteiger charge is -2.71. The minimum Gasteiger partial charge on any atom is -0.504 e. The van der Waals surface area contributed by atoms with Crippen LogP contribution in [0.1, 0.15) is 107 Å². The molecule has 0 radical (unpaired) electrons. The van der Waals surface area contributed by atoms with Gasteiger partial charge in [-0.1, -0.05) is 52.3 Å². The van der Waals surface area contributed by atoms with Crippen LogP contribution in [0.2, 0.25) is 0 Å². The Hall–Kier alpha value is -1.61. The Kier molecular flexibility index (Phi) is 5.57. The number of ether oxygens (including phenoxy) is 1. The molecule has 0 aromatic heterocycles. The average molecular weight is 493 g/mol. The number of ketones is 1. The molecule has 198 valence electrons. The summed E-state index contributed by atoms with van der Waals surface area (Å²) in [5.41, 5.74) is 4.89. The summed E-state index contributed by atoms with van der Waals surface area (Å²) in [6.07, 6.45) is 14.7. The highest BCUT2D eigenvalue weighted by Crippen LogP contribution is 2.76. The molecule has 0 spiro atoms. The van der Waals surface area contributed by atoms with Crippen LogP contribution in [0.3, 0.4) is 0 Å². The molecule has 1 N–H and O–H groups in total. The maximum absolute atomic E-state index is 12.7. The van der Waals surface area contributed by atoms with Crippen molar-refractivity contribution in [3.05, 3.63) is 46.3 Å². The molecule has 0 aromatic carbocycles. The summed E-state index contributed by atoms with van der Waals surface area (Å²) < 4.78 is 6.39. The number of aliphatic hydroxyl groups is 1. The third-order valence-corrected chi connectivity index (χ3v) is 12.8. The van der Waals surface area contributed by atoms with Crippen LogP contribution in [0.4, 0.5) is 0 Å². The molecule has 0 bridgehead atoms. The fourth-order valence-corrected chi connectivity index (χ4v) is 9.54. The van der Waals surface area contributed by atoms with Gasteiger partial charge in [-0.2, -0.15) is 0 Å². The average Bonchev–Trinajstić information content (AvgIpc) is 2.81.